The smallest absolute Gasteiger partial charge is 0.310 e. The average Bonchev–Trinajstić information content (AvgIpc) is 2.30. The van der Waals surface area contributed by atoms with Crippen molar-refractivity contribution in [2.45, 2.75) is 33.1 Å². The zero-order valence-electron chi connectivity index (χ0n) is 12.3. The third-order valence-corrected chi connectivity index (χ3v) is 4.20. The standard InChI is InChI=1S/C14H28N2O2/c1-5-14(2,13(17)18)11-16-8-6-12(7-9-16)10-15(3)4/h12H,5-11H2,1-4H3,(H,17,18). The Morgan fingerprint density at radius 1 is 1.39 bits per heavy atom. The molecule has 106 valence electrons. The van der Waals surface area contributed by atoms with Crippen LogP contribution >= 0.6 is 0 Å². The summed E-state index contributed by atoms with van der Waals surface area (Å²) < 4.78 is 0. The molecular weight excluding hydrogens is 228 g/mol. The fraction of sp³-hybridized carbons (Fsp3) is 0.929. The lowest BCUT2D eigenvalue weighted by Gasteiger charge is -2.37. The first kappa shape index (κ1) is 15.4. The highest BCUT2D eigenvalue weighted by Gasteiger charge is 2.34. The van der Waals surface area contributed by atoms with Gasteiger partial charge in [-0.05, 0) is 59.3 Å². The molecule has 0 aromatic heterocycles. The third-order valence-electron chi connectivity index (χ3n) is 4.20. The molecule has 1 unspecified atom stereocenters. The lowest BCUT2D eigenvalue weighted by molar-refractivity contribution is -0.149. The van der Waals surface area contributed by atoms with Crippen molar-refractivity contribution in [3.63, 3.8) is 0 Å². The highest BCUT2D eigenvalue weighted by molar-refractivity contribution is 5.74. The van der Waals surface area contributed by atoms with Gasteiger partial charge in [0.1, 0.15) is 0 Å². The molecule has 0 aromatic rings. The van der Waals surface area contributed by atoms with Crippen molar-refractivity contribution in [3.05, 3.63) is 0 Å². The summed E-state index contributed by atoms with van der Waals surface area (Å²) in [7, 11) is 4.23. The van der Waals surface area contributed by atoms with Gasteiger partial charge < -0.3 is 14.9 Å². The first-order chi connectivity index (χ1) is 8.37. The minimum absolute atomic E-state index is 0.589. The van der Waals surface area contributed by atoms with Crippen molar-refractivity contribution in [2.24, 2.45) is 11.3 Å². The summed E-state index contributed by atoms with van der Waals surface area (Å²) in [5, 5.41) is 9.30. The number of carboxylic acids is 1. The molecule has 0 aromatic carbocycles. The fourth-order valence-corrected chi connectivity index (χ4v) is 2.67. The maximum absolute atomic E-state index is 11.3. The van der Waals surface area contributed by atoms with Crippen LogP contribution in [0.3, 0.4) is 0 Å². The quantitative estimate of drug-likeness (QED) is 0.786. The van der Waals surface area contributed by atoms with Gasteiger partial charge in [-0.1, -0.05) is 6.92 Å². The maximum atomic E-state index is 11.3. The molecule has 1 aliphatic rings. The van der Waals surface area contributed by atoms with E-state index in [1.807, 2.05) is 13.8 Å². The number of likely N-dealkylation sites (tertiary alicyclic amines) is 1. The van der Waals surface area contributed by atoms with Gasteiger partial charge in [0.05, 0.1) is 5.41 Å². The van der Waals surface area contributed by atoms with Crippen molar-refractivity contribution in [3.8, 4) is 0 Å². The van der Waals surface area contributed by atoms with Gasteiger partial charge in [0.2, 0.25) is 0 Å². The number of carbonyl (C=O) groups is 1. The molecule has 1 heterocycles. The van der Waals surface area contributed by atoms with Gasteiger partial charge in [-0.25, -0.2) is 0 Å². The highest BCUT2D eigenvalue weighted by atomic mass is 16.4. The van der Waals surface area contributed by atoms with Gasteiger partial charge in [0, 0.05) is 13.1 Å². The Bertz CT molecular complexity index is 273. The largest absolute Gasteiger partial charge is 0.481 e. The van der Waals surface area contributed by atoms with Crippen molar-refractivity contribution >= 4 is 5.97 Å². The van der Waals surface area contributed by atoms with E-state index >= 15 is 0 Å². The molecule has 1 rings (SSSR count). The molecule has 1 fully saturated rings. The molecule has 18 heavy (non-hydrogen) atoms. The van der Waals surface area contributed by atoms with Crippen LogP contribution in [0.15, 0.2) is 0 Å². The van der Waals surface area contributed by atoms with E-state index in [4.69, 9.17) is 0 Å². The topological polar surface area (TPSA) is 43.8 Å². The summed E-state index contributed by atoms with van der Waals surface area (Å²) in [5.74, 6) is 0.106. The molecule has 1 N–H and O–H groups in total. The molecule has 0 spiro atoms. The lowest BCUT2D eigenvalue weighted by atomic mass is 9.85. The first-order valence-corrected chi connectivity index (χ1v) is 6.98. The van der Waals surface area contributed by atoms with Crippen LogP contribution in [0.5, 0.6) is 0 Å². The summed E-state index contributed by atoms with van der Waals surface area (Å²) in [6.07, 6.45) is 3.08. The highest BCUT2D eigenvalue weighted by Crippen LogP contribution is 2.26. The normalized spacial score (nSPS) is 22.1. The van der Waals surface area contributed by atoms with Crippen LogP contribution in [0.2, 0.25) is 0 Å². The predicted octanol–water partition coefficient (Wildman–Crippen LogP) is 1.76. The number of hydrogen-bond acceptors (Lipinski definition) is 3. The first-order valence-electron chi connectivity index (χ1n) is 6.98. The van der Waals surface area contributed by atoms with Crippen LogP contribution in [-0.2, 0) is 4.79 Å². The molecular formula is C14H28N2O2. The van der Waals surface area contributed by atoms with E-state index < -0.39 is 11.4 Å². The molecule has 0 amide bonds. The van der Waals surface area contributed by atoms with E-state index in [0.717, 1.165) is 25.6 Å². The van der Waals surface area contributed by atoms with E-state index in [2.05, 4.69) is 23.9 Å². The van der Waals surface area contributed by atoms with Crippen LogP contribution in [0.1, 0.15) is 33.1 Å². The maximum Gasteiger partial charge on any atom is 0.310 e. The SMILES string of the molecule is CCC(C)(CN1CCC(CN(C)C)CC1)C(=O)O. The van der Waals surface area contributed by atoms with E-state index in [9.17, 15) is 9.90 Å². The Hall–Kier alpha value is -0.610. The van der Waals surface area contributed by atoms with Gasteiger partial charge in [-0.15, -0.1) is 0 Å². The lowest BCUT2D eigenvalue weighted by Crippen LogP contribution is -2.45. The summed E-state index contributed by atoms with van der Waals surface area (Å²) in [5.41, 5.74) is -0.589. The zero-order valence-corrected chi connectivity index (χ0v) is 12.3. The molecule has 0 radical (unpaired) electrons. The van der Waals surface area contributed by atoms with Crippen LogP contribution in [0.25, 0.3) is 0 Å². The van der Waals surface area contributed by atoms with Gasteiger partial charge in [-0.2, -0.15) is 0 Å². The number of rotatable bonds is 6. The second-order valence-electron chi connectivity index (χ2n) is 6.20. The molecule has 1 atom stereocenters. The van der Waals surface area contributed by atoms with Crippen molar-refractivity contribution in [1.29, 1.82) is 0 Å². The average molecular weight is 256 g/mol. The number of aliphatic carboxylic acids is 1. The molecule has 0 bridgehead atoms. The molecule has 0 aliphatic carbocycles. The summed E-state index contributed by atoms with van der Waals surface area (Å²) in [6.45, 7) is 7.75. The number of piperidine rings is 1. The minimum atomic E-state index is -0.666. The van der Waals surface area contributed by atoms with Crippen LogP contribution < -0.4 is 0 Å². The van der Waals surface area contributed by atoms with Gasteiger partial charge in [0.15, 0.2) is 0 Å². The Balaban J connectivity index is 2.41. The van der Waals surface area contributed by atoms with E-state index in [-0.39, 0.29) is 0 Å². The second kappa shape index (κ2) is 6.53. The molecule has 1 saturated heterocycles. The summed E-state index contributed by atoms with van der Waals surface area (Å²) >= 11 is 0. The predicted molar refractivity (Wildman–Crippen MR) is 73.8 cm³/mol. The molecule has 4 nitrogen and oxygen atoms in total. The van der Waals surface area contributed by atoms with E-state index in [1.165, 1.54) is 12.8 Å². The fourth-order valence-electron chi connectivity index (χ4n) is 2.67. The second-order valence-corrected chi connectivity index (χ2v) is 6.20. The minimum Gasteiger partial charge on any atom is -0.481 e. The van der Waals surface area contributed by atoms with Crippen molar-refractivity contribution in [2.75, 3.05) is 40.3 Å². The van der Waals surface area contributed by atoms with Gasteiger partial charge in [0.25, 0.3) is 0 Å². The third kappa shape index (κ3) is 4.25. The van der Waals surface area contributed by atoms with Crippen molar-refractivity contribution in [1.82, 2.24) is 9.80 Å². The molecule has 1 aliphatic heterocycles. The van der Waals surface area contributed by atoms with Crippen LogP contribution in [0.4, 0.5) is 0 Å². The Morgan fingerprint density at radius 3 is 2.33 bits per heavy atom. The number of carboxylic acid groups (broad SMARTS) is 1. The Kier molecular flexibility index (Phi) is 5.60. The summed E-state index contributed by atoms with van der Waals surface area (Å²) in [6, 6.07) is 0. The van der Waals surface area contributed by atoms with E-state index in [1.54, 1.807) is 0 Å². The molecule has 4 heteroatoms. The number of hydrogen-bond donors (Lipinski definition) is 1. The van der Waals surface area contributed by atoms with Crippen molar-refractivity contribution < 1.29 is 9.90 Å². The van der Waals surface area contributed by atoms with E-state index in [0.29, 0.717) is 13.0 Å². The summed E-state index contributed by atoms with van der Waals surface area (Å²) in [4.78, 5) is 15.9. The Morgan fingerprint density at radius 2 is 1.94 bits per heavy atom. The number of nitrogens with zero attached hydrogens (tertiary/aromatic N) is 2. The zero-order chi connectivity index (χ0) is 13.8. The van der Waals surface area contributed by atoms with Gasteiger partial charge in [-0.3, -0.25) is 4.79 Å². The monoisotopic (exact) mass is 256 g/mol. The van der Waals surface area contributed by atoms with Gasteiger partial charge >= 0.3 is 5.97 Å². The Labute approximate surface area is 111 Å². The molecule has 0 saturated carbocycles. The van der Waals surface area contributed by atoms with Crippen LogP contribution in [-0.4, -0.2) is 61.2 Å². The van der Waals surface area contributed by atoms with Crippen LogP contribution in [0, 0.1) is 11.3 Å².